The summed E-state index contributed by atoms with van der Waals surface area (Å²) in [7, 11) is 4.72. The minimum absolute atomic E-state index is 0.164. The highest BCUT2D eigenvalue weighted by Crippen LogP contribution is 2.31. The number of carbonyl (C=O) groups is 1. The highest BCUT2D eigenvalue weighted by Gasteiger charge is 2.28. The Kier molecular flexibility index (Phi) is 16.6. The molecule has 0 radical (unpaired) electrons. The highest BCUT2D eigenvalue weighted by molar-refractivity contribution is 7.18. The van der Waals surface area contributed by atoms with E-state index < -0.39 is 12.6 Å². The Hall–Kier alpha value is -3.11. The van der Waals surface area contributed by atoms with E-state index in [9.17, 15) is 18.0 Å². The average Bonchev–Trinajstić information content (AvgIpc) is 3.35. The molecule has 1 aromatic heterocycles. The topological polar surface area (TPSA) is 89.3 Å². The smallest absolute Gasteiger partial charge is 0.393 e. The lowest BCUT2D eigenvalue weighted by Crippen LogP contribution is -2.12. The summed E-state index contributed by atoms with van der Waals surface area (Å²) in [5.74, 6) is 0.278. The summed E-state index contributed by atoms with van der Waals surface area (Å²) >= 11 is 1.62. The van der Waals surface area contributed by atoms with Crippen LogP contribution in [0.2, 0.25) is 0 Å². The van der Waals surface area contributed by atoms with Gasteiger partial charge in [-0.05, 0) is 43.3 Å². The second kappa shape index (κ2) is 18.2. The van der Waals surface area contributed by atoms with Crippen LogP contribution in [0.25, 0.3) is 10.4 Å². The normalized spacial score (nSPS) is 9.83. The maximum absolute atomic E-state index is 12.0. The zero-order chi connectivity index (χ0) is 27.6. The molecule has 3 aromatic rings. The zero-order valence-electron chi connectivity index (χ0n) is 21.7. The number of anilines is 2. The lowest BCUT2D eigenvalue weighted by molar-refractivity contribution is -0.127. The van der Waals surface area contributed by atoms with Crippen molar-refractivity contribution < 1.29 is 22.7 Å². The Labute approximate surface area is 216 Å². The molecular weight excluding hydrogens is 489 g/mol. The van der Waals surface area contributed by atoms with Gasteiger partial charge in [-0.3, -0.25) is 0 Å². The molecule has 0 amide bonds. The quantitative estimate of drug-likeness (QED) is 0.293. The summed E-state index contributed by atoms with van der Waals surface area (Å²) in [6.45, 7) is 6.91. The molecule has 1 heterocycles. The van der Waals surface area contributed by atoms with Crippen LogP contribution in [0.1, 0.15) is 31.9 Å². The fraction of sp³-hybridized carbons (Fsp3) is 0.385. The van der Waals surface area contributed by atoms with Crippen molar-refractivity contribution in [3.63, 3.8) is 0 Å². The van der Waals surface area contributed by atoms with E-state index in [-0.39, 0.29) is 11.3 Å². The van der Waals surface area contributed by atoms with Crippen LogP contribution in [0.3, 0.4) is 0 Å². The molecule has 0 atom stereocenters. The van der Waals surface area contributed by atoms with Crippen molar-refractivity contribution in [3.05, 3.63) is 59.8 Å². The number of aldehydes is 1. The van der Waals surface area contributed by atoms with Gasteiger partial charge in [0.05, 0.1) is 18.4 Å². The Bertz CT molecular complexity index is 1010. The van der Waals surface area contributed by atoms with E-state index in [1.54, 1.807) is 23.5 Å². The van der Waals surface area contributed by atoms with E-state index in [4.69, 9.17) is 4.74 Å². The van der Waals surface area contributed by atoms with Gasteiger partial charge in [-0.2, -0.15) is 13.2 Å². The summed E-state index contributed by atoms with van der Waals surface area (Å²) in [6, 6.07) is 12.2. The molecule has 0 bridgehead atoms. The fourth-order valence-electron chi connectivity index (χ4n) is 2.96. The number of alkyl halides is 3. The molecule has 6 nitrogen and oxygen atoms in total. The molecule has 0 spiro atoms. The molecule has 0 saturated carbocycles. The number of hydrogen-bond donors (Lipinski definition) is 3. The van der Waals surface area contributed by atoms with Crippen LogP contribution in [0.15, 0.2) is 48.7 Å². The summed E-state index contributed by atoms with van der Waals surface area (Å²) in [6.07, 6.45) is -1.92. The van der Waals surface area contributed by atoms with Gasteiger partial charge in [0.15, 0.2) is 5.13 Å². The van der Waals surface area contributed by atoms with E-state index in [0.29, 0.717) is 6.42 Å². The molecule has 0 aliphatic rings. The molecule has 0 fully saturated rings. The number of thiazole rings is 1. The average molecular weight is 527 g/mol. The summed E-state index contributed by atoms with van der Waals surface area (Å²) in [4.78, 5) is 16.2. The molecule has 0 aliphatic carbocycles. The number of halogens is 3. The third kappa shape index (κ3) is 11.5. The molecule has 3 rings (SSSR count). The number of para-hydroxylation sites is 1. The van der Waals surface area contributed by atoms with Crippen LogP contribution in [-0.2, 0) is 17.6 Å². The molecule has 0 saturated heterocycles. The van der Waals surface area contributed by atoms with Crippen molar-refractivity contribution in [1.29, 1.82) is 0 Å². The van der Waals surface area contributed by atoms with Crippen molar-refractivity contribution in [1.82, 2.24) is 4.98 Å². The monoisotopic (exact) mass is 526 g/mol. The number of ether oxygens (including phenoxy) is 1. The van der Waals surface area contributed by atoms with E-state index in [0.717, 1.165) is 39.7 Å². The zero-order valence-corrected chi connectivity index (χ0v) is 22.5. The van der Waals surface area contributed by atoms with Gasteiger partial charge in [0.25, 0.3) is 0 Å². The number of nitrogens with zero attached hydrogens (tertiary/aromatic N) is 1. The van der Waals surface area contributed by atoms with Gasteiger partial charge in [-0.25, -0.2) is 4.98 Å². The fourth-order valence-corrected chi connectivity index (χ4v) is 3.84. The van der Waals surface area contributed by atoms with E-state index >= 15 is 0 Å². The van der Waals surface area contributed by atoms with E-state index in [1.165, 1.54) is 26.3 Å². The van der Waals surface area contributed by atoms with Gasteiger partial charge < -0.3 is 25.9 Å². The molecule has 36 heavy (non-hydrogen) atoms. The van der Waals surface area contributed by atoms with Crippen molar-refractivity contribution in [2.75, 3.05) is 38.4 Å². The first-order chi connectivity index (χ1) is 17.3. The van der Waals surface area contributed by atoms with Crippen LogP contribution in [0, 0.1) is 0 Å². The van der Waals surface area contributed by atoms with Crippen molar-refractivity contribution in [3.8, 4) is 16.2 Å². The number of aromatic nitrogens is 1. The lowest BCUT2D eigenvalue weighted by atomic mass is 10.1. The molecule has 2 aromatic carbocycles. The van der Waals surface area contributed by atoms with E-state index in [2.05, 4.69) is 21.4 Å². The van der Waals surface area contributed by atoms with Gasteiger partial charge in [0, 0.05) is 37.5 Å². The molecule has 10 heteroatoms. The van der Waals surface area contributed by atoms with Gasteiger partial charge in [0.2, 0.25) is 0 Å². The SMILES string of the molecule is CC.CCNc1ncc(-c2ccc(NC)c(CC=O)c2)s1.CN.COc1ccccc1CC(F)(F)F. The number of methoxy groups -OCH3 is 1. The van der Waals surface area contributed by atoms with Crippen molar-refractivity contribution in [2.24, 2.45) is 5.73 Å². The van der Waals surface area contributed by atoms with Gasteiger partial charge in [-0.15, -0.1) is 0 Å². The predicted octanol–water partition coefficient (Wildman–Crippen LogP) is 6.43. The number of nitrogens with two attached hydrogens (primary N) is 1. The minimum atomic E-state index is -4.19. The van der Waals surface area contributed by atoms with Crippen LogP contribution in [0.4, 0.5) is 24.0 Å². The second-order valence-electron chi connectivity index (χ2n) is 6.66. The molecule has 0 aliphatic heterocycles. The van der Waals surface area contributed by atoms with Gasteiger partial charge in [0.1, 0.15) is 12.0 Å². The van der Waals surface area contributed by atoms with Gasteiger partial charge >= 0.3 is 6.18 Å². The van der Waals surface area contributed by atoms with Crippen molar-refractivity contribution >= 4 is 28.4 Å². The summed E-state index contributed by atoms with van der Waals surface area (Å²) in [5.41, 5.74) is 7.76. The molecular formula is C26H37F3N4O2S. The Balaban J connectivity index is 0.000000630. The maximum atomic E-state index is 12.0. The molecule has 0 unspecified atom stereocenters. The highest BCUT2D eigenvalue weighted by atomic mass is 32.1. The van der Waals surface area contributed by atoms with Crippen molar-refractivity contribution in [2.45, 2.75) is 39.8 Å². The maximum Gasteiger partial charge on any atom is 0.393 e. The molecule has 200 valence electrons. The predicted molar refractivity (Wildman–Crippen MR) is 145 cm³/mol. The largest absolute Gasteiger partial charge is 0.496 e. The summed E-state index contributed by atoms with van der Waals surface area (Å²) < 4.78 is 40.8. The number of rotatable bonds is 8. The second-order valence-corrected chi connectivity index (χ2v) is 7.69. The third-order valence-corrected chi connectivity index (χ3v) is 5.38. The number of nitrogens with one attached hydrogen (secondary N) is 2. The lowest BCUT2D eigenvalue weighted by Gasteiger charge is -2.09. The first kappa shape index (κ1) is 32.9. The Morgan fingerprint density at radius 2 is 1.78 bits per heavy atom. The van der Waals surface area contributed by atoms with Gasteiger partial charge in [-0.1, -0.05) is 49.4 Å². The number of hydrogen-bond acceptors (Lipinski definition) is 7. The Morgan fingerprint density at radius 1 is 1.11 bits per heavy atom. The van der Waals surface area contributed by atoms with Crippen LogP contribution < -0.4 is 21.1 Å². The molecule has 4 N–H and O–H groups in total. The van der Waals surface area contributed by atoms with Crippen LogP contribution >= 0.6 is 11.3 Å². The first-order valence-corrected chi connectivity index (χ1v) is 12.3. The third-order valence-electron chi connectivity index (χ3n) is 4.38. The number of benzene rings is 2. The Morgan fingerprint density at radius 3 is 2.33 bits per heavy atom. The van der Waals surface area contributed by atoms with Crippen LogP contribution in [0.5, 0.6) is 5.75 Å². The first-order valence-electron chi connectivity index (χ1n) is 11.5. The summed E-state index contributed by atoms with van der Waals surface area (Å²) in [5, 5.41) is 7.22. The number of carbonyl (C=O) groups excluding carboxylic acids is 1. The van der Waals surface area contributed by atoms with Crippen LogP contribution in [-0.4, -0.2) is 45.2 Å². The van der Waals surface area contributed by atoms with E-state index in [1.807, 2.05) is 52.2 Å². The standard InChI is InChI=1S/C14H17N3OS.C9H9F3O.C2H6.CH5N/c1-3-16-14-17-9-13(19-14)11-4-5-12(15-2)10(8-11)6-7-18;1-13-8-5-3-2-4-7(8)6-9(10,11)12;2*1-2/h4-5,7-9,15H,3,6H2,1-2H3,(H,16,17);2-5H,6H2,1H3;1-2H3;2H2,1H3. The minimum Gasteiger partial charge on any atom is -0.496 e.